The number of nitrogens with zero attached hydrogens (tertiary/aromatic N) is 1. The van der Waals surface area contributed by atoms with Crippen LogP contribution in [0.25, 0.3) is 0 Å². The summed E-state index contributed by atoms with van der Waals surface area (Å²) in [6, 6.07) is 11.2. The third-order valence-electron chi connectivity index (χ3n) is 4.78. The maximum atomic E-state index is 12.5. The molecule has 1 amide bonds. The molecule has 0 radical (unpaired) electrons. The molecule has 0 saturated carbocycles. The Morgan fingerprint density at radius 3 is 2.64 bits per heavy atom. The van der Waals surface area contributed by atoms with Crippen LogP contribution < -0.4 is 10.6 Å². The molecule has 1 aromatic heterocycles. The molecular formula is C19H23Cl2N3O. The molecule has 0 aliphatic carbocycles. The molecule has 2 N–H and O–H groups in total. The van der Waals surface area contributed by atoms with Gasteiger partial charge in [-0.25, -0.2) is 0 Å². The zero-order valence-electron chi connectivity index (χ0n) is 14.2. The summed E-state index contributed by atoms with van der Waals surface area (Å²) in [5.74, 6) is -0.132. The van der Waals surface area contributed by atoms with E-state index in [1.807, 2.05) is 24.4 Å². The average molecular weight is 380 g/mol. The van der Waals surface area contributed by atoms with Crippen LogP contribution in [0, 0.1) is 6.92 Å². The monoisotopic (exact) mass is 379 g/mol. The van der Waals surface area contributed by atoms with E-state index in [1.165, 1.54) is 5.56 Å². The van der Waals surface area contributed by atoms with Crippen LogP contribution >= 0.6 is 24.0 Å². The molecule has 0 spiro atoms. The smallest absolute Gasteiger partial charge is 0.252 e. The summed E-state index contributed by atoms with van der Waals surface area (Å²) in [7, 11) is 0. The van der Waals surface area contributed by atoms with Gasteiger partial charge < -0.3 is 10.6 Å². The van der Waals surface area contributed by atoms with Crippen molar-refractivity contribution >= 4 is 29.9 Å². The number of hydrogen-bond donors (Lipinski definition) is 2. The molecule has 1 saturated heterocycles. The number of carbonyl (C=O) groups excluding carboxylic acids is 1. The van der Waals surface area contributed by atoms with E-state index >= 15 is 0 Å². The number of hydrogen-bond acceptors (Lipinski definition) is 3. The van der Waals surface area contributed by atoms with Crippen molar-refractivity contribution in [2.45, 2.75) is 25.2 Å². The van der Waals surface area contributed by atoms with Crippen molar-refractivity contribution in [3.8, 4) is 0 Å². The molecule has 4 nitrogen and oxygen atoms in total. The molecule has 0 bridgehead atoms. The Morgan fingerprint density at radius 2 is 1.96 bits per heavy atom. The Morgan fingerprint density at radius 1 is 1.24 bits per heavy atom. The van der Waals surface area contributed by atoms with Crippen molar-refractivity contribution in [2.75, 3.05) is 19.6 Å². The first-order chi connectivity index (χ1) is 11.6. The number of rotatable bonds is 4. The lowest BCUT2D eigenvalue weighted by molar-refractivity contribution is 0.0937. The van der Waals surface area contributed by atoms with Crippen molar-refractivity contribution in [1.82, 2.24) is 15.6 Å². The number of benzene rings is 1. The van der Waals surface area contributed by atoms with Gasteiger partial charge in [0, 0.05) is 18.2 Å². The lowest BCUT2D eigenvalue weighted by atomic mass is 9.74. The summed E-state index contributed by atoms with van der Waals surface area (Å²) in [6.07, 6.45) is 3.74. The number of amides is 1. The summed E-state index contributed by atoms with van der Waals surface area (Å²) in [5, 5.41) is 6.96. The van der Waals surface area contributed by atoms with Crippen molar-refractivity contribution in [2.24, 2.45) is 0 Å². The SMILES string of the molecule is Cc1cccnc1C1(CNC(=O)c2ccccc2Cl)CCNCC1.Cl. The fourth-order valence-electron chi connectivity index (χ4n) is 3.43. The molecule has 1 aliphatic heterocycles. The van der Waals surface area contributed by atoms with Gasteiger partial charge >= 0.3 is 0 Å². The van der Waals surface area contributed by atoms with E-state index in [0.717, 1.165) is 31.6 Å². The van der Waals surface area contributed by atoms with Gasteiger partial charge in [0.1, 0.15) is 0 Å². The normalized spacial score (nSPS) is 15.9. The van der Waals surface area contributed by atoms with Crippen molar-refractivity contribution in [3.05, 3.63) is 64.4 Å². The van der Waals surface area contributed by atoms with Crippen LogP contribution in [0.4, 0.5) is 0 Å². The van der Waals surface area contributed by atoms with Gasteiger partial charge in [0.15, 0.2) is 0 Å². The van der Waals surface area contributed by atoms with Gasteiger partial charge in [-0.05, 0) is 56.6 Å². The summed E-state index contributed by atoms with van der Waals surface area (Å²) >= 11 is 6.13. The molecule has 134 valence electrons. The molecule has 2 aromatic rings. The Labute approximate surface area is 159 Å². The van der Waals surface area contributed by atoms with Gasteiger partial charge in [-0.1, -0.05) is 29.8 Å². The molecule has 0 unspecified atom stereocenters. The van der Waals surface area contributed by atoms with E-state index in [4.69, 9.17) is 11.6 Å². The first-order valence-corrected chi connectivity index (χ1v) is 8.66. The van der Waals surface area contributed by atoms with E-state index in [1.54, 1.807) is 12.1 Å². The molecule has 25 heavy (non-hydrogen) atoms. The number of carbonyl (C=O) groups is 1. The highest BCUT2D eigenvalue weighted by Crippen LogP contribution is 2.33. The van der Waals surface area contributed by atoms with E-state index < -0.39 is 0 Å². The molecule has 1 aromatic carbocycles. The third-order valence-corrected chi connectivity index (χ3v) is 5.11. The molecule has 3 rings (SSSR count). The Hall–Kier alpha value is -1.62. The van der Waals surface area contributed by atoms with Crippen molar-refractivity contribution < 1.29 is 4.79 Å². The minimum absolute atomic E-state index is 0. The van der Waals surface area contributed by atoms with Gasteiger partial charge in [-0.15, -0.1) is 12.4 Å². The summed E-state index contributed by atoms with van der Waals surface area (Å²) < 4.78 is 0. The Bertz CT molecular complexity index is 730. The van der Waals surface area contributed by atoms with Crippen molar-refractivity contribution in [3.63, 3.8) is 0 Å². The maximum absolute atomic E-state index is 12.5. The fourth-order valence-corrected chi connectivity index (χ4v) is 3.66. The predicted octanol–water partition coefficient (Wildman–Crippen LogP) is 3.52. The van der Waals surface area contributed by atoms with Crippen LogP contribution in [0.2, 0.25) is 5.02 Å². The third kappa shape index (κ3) is 4.32. The largest absolute Gasteiger partial charge is 0.351 e. The number of aryl methyl sites for hydroxylation is 1. The number of piperidine rings is 1. The van der Waals surface area contributed by atoms with Gasteiger partial charge in [-0.3, -0.25) is 9.78 Å². The average Bonchev–Trinajstić information content (AvgIpc) is 2.61. The number of aromatic nitrogens is 1. The maximum Gasteiger partial charge on any atom is 0.252 e. The summed E-state index contributed by atoms with van der Waals surface area (Å²) in [6.45, 7) is 4.51. The zero-order chi connectivity index (χ0) is 17.0. The highest BCUT2D eigenvalue weighted by molar-refractivity contribution is 6.33. The second kappa shape index (κ2) is 8.65. The quantitative estimate of drug-likeness (QED) is 0.854. The lowest BCUT2D eigenvalue weighted by Gasteiger charge is -2.38. The van der Waals surface area contributed by atoms with E-state index in [2.05, 4.69) is 28.6 Å². The number of pyridine rings is 1. The van der Waals surface area contributed by atoms with Crippen LogP contribution in [-0.4, -0.2) is 30.5 Å². The molecule has 2 heterocycles. The van der Waals surface area contributed by atoms with Gasteiger partial charge in [0.2, 0.25) is 0 Å². The minimum atomic E-state index is -0.132. The predicted molar refractivity (Wildman–Crippen MR) is 104 cm³/mol. The molecule has 1 aliphatic rings. The summed E-state index contributed by atoms with van der Waals surface area (Å²) in [4.78, 5) is 17.2. The second-order valence-corrected chi connectivity index (χ2v) is 6.77. The molecule has 1 fully saturated rings. The van der Waals surface area contributed by atoms with E-state index in [9.17, 15) is 4.79 Å². The molecular weight excluding hydrogens is 357 g/mol. The van der Waals surface area contributed by atoms with E-state index in [-0.39, 0.29) is 23.7 Å². The first-order valence-electron chi connectivity index (χ1n) is 8.28. The number of nitrogens with one attached hydrogen (secondary N) is 2. The summed E-state index contributed by atoms with van der Waals surface area (Å²) in [5.41, 5.74) is 2.64. The van der Waals surface area contributed by atoms with Crippen LogP contribution in [0.3, 0.4) is 0 Å². The van der Waals surface area contributed by atoms with Crippen LogP contribution in [-0.2, 0) is 5.41 Å². The Balaban J connectivity index is 0.00000225. The van der Waals surface area contributed by atoms with Crippen molar-refractivity contribution in [1.29, 1.82) is 0 Å². The number of halogens is 2. The topological polar surface area (TPSA) is 54.0 Å². The fraction of sp³-hybridized carbons (Fsp3) is 0.368. The highest BCUT2D eigenvalue weighted by Gasteiger charge is 2.36. The second-order valence-electron chi connectivity index (χ2n) is 6.36. The minimum Gasteiger partial charge on any atom is -0.351 e. The van der Waals surface area contributed by atoms with Gasteiger partial charge in [-0.2, -0.15) is 0 Å². The van der Waals surface area contributed by atoms with Gasteiger partial charge in [0.25, 0.3) is 5.91 Å². The standard InChI is InChI=1S/C19H22ClN3O.ClH/c1-14-5-4-10-22-17(14)19(8-11-21-12-9-19)13-23-18(24)15-6-2-3-7-16(15)20;/h2-7,10,21H,8-9,11-13H2,1H3,(H,23,24);1H. The zero-order valence-corrected chi connectivity index (χ0v) is 15.8. The van der Waals surface area contributed by atoms with Gasteiger partial charge in [0.05, 0.1) is 16.3 Å². The van der Waals surface area contributed by atoms with Crippen LogP contribution in [0.5, 0.6) is 0 Å². The molecule has 0 atom stereocenters. The highest BCUT2D eigenvalue weighted by atomic mass is 35.5. The first kappa shape index (κ1) is 19.7. The lowest BCUT2D eigenvalue weighted by Crippen LogP contribution is -2.48. The molecule has 6 heteroatoms. The van der Waals surface area contributed by atoms with Crippen LogP contribution in [0.15, 0.2) is 42.6 Å². The Kier molecular flexibility index (Phi) is 6.82. The van der Waals surface area contributed by atoms with E-state index in [0.29, 0.717) is 17.1 Å². The van der Waals surface area contributed by atoms with Crippen LogP contribution in [0.1, 0.15) is 34.5 Å².